The Morgan fingerprint density at radius 2 is 1.32 bits per heavy atom. The first kappa shape index (κ1) is 23.1. The summed E-state index contributed by atoms with van der Waals surface area (Å²) in [4.78, 5) is 11.2. The average molecular weight is 508 g/mol. The third-order valence-corrected chi connectivity index (χ3v) is 5.96. The van der Waals surface area contributed by atoms with Crippen molar-refractivity contribution in [1.82, 2.24) is 0 Å². The zero-order valence-electron chi connectivity index (χ0n) is 15.4. The van der Waals surface area contributed by atoms with Gasteiger partial charge in [0.25, 0.3) is 0 Å². The molecule has 1 saturated heterocycles. The molecule has 0 amide bonds. The summed E-state index contributed by atoms with van der Waals surface area (Å²) in [6.45, 7) is 6.02. The van der Waals surface area contributed by atoms with Crippen LogP contribution in [0, 0.1) is 0 Å². The summed E-state index contributed by atoms with van der Waals surface area (Å²) in [5.74, 6) is 0.279. The molecule has 0 bridgehead atoms. The number of allylic oxidation sites excluding steroid dienone is 1. The second kappa shape index (κ2) is 11.1. The number of fused-ring (bicyclic) bond motifs is 2. The fourth-order valence-corrected chi connectivity index (χ4v) is 4.16. The first-order valence-electron chi connectivity index (χ1n) is 9.40. The summed E-state index contributed by atoms with van der Waals surface area (Å²) in [7, 11) is 0. The van der Waals surface area contributed by atoms with Crippen molar-refractivity contribution >= 4 is 43.2 Å². The fraction of sp³-hybridized carbons (Fsp3) is 0.375. The molecule has 0 unspecified atom stereocenters. The van der Waals surface area contributed by atoms with E-state index >= 15 is 0 Å². The Hall–Kier alpha value is -1.23. The number of Topliss-reactive ketones (excluding diaryl/α,β-unsaturated/α-hetero) is 1. The van der Waals surface area contributed by atoms with Gasteiger partial charge in [0.1, 0.15) is 0 Å². The number of hydrogen-bond donors (Lipinski definition) is 0. The predicted octanol–water partition coefficient (Wildman–Crippen LogP) is 7.42. The Kier molecular flexibility index (Phi) is 9.13. The van der Waals surface area contributed by atoms with E-state index in [1.165, 1.54) is 41.5 Å². The highest BCUT2D eigenvalue weighted by atomic mass is 79.9. The lowest BCUT2D eigenvalue weighted by molar-refractivity contribution is 0.0994. The maximum atomic E-state index is 11.2. The van der Waals surface area contributed by atoms with Gasteiger partial charge in [-0.05, 0) is 78.6 Å². The second-order valence-corrected chi connectivity index (χ2v) is 8.78. The van der Waals surface area contributed by atoms with Crippen LogP contribution in [0.2, 0.25) is 0 Å². The predicted molar refractivity (Wildman–Crippen MR) is 125 cm³/mol. The molecular weight excluding hydrogens is 480 g/mol. The van der Waals surface area contributed by atoms with Crippen molar-refractivity contribution in [3.05, 3.63) is 74.2 Å². The zero-order valence-corrected chi connectivity index (χ0v) is 18.6. The van der Waals surface area contributed by atoms with Crippen LogP contribution in [0.25, 0.3) is 5.57 Å². The first-order chi connectivity index (χ1) is 13.0. The van der Waals surface area contributed by atoms with Gasteiger partial charge in [-0.2, -0.15) is 0 Å². The number of benzene rings is 2. The molecule has 0 saturated carbocycles. The van der Waals surface area contributed by atoms with Crippen molar-refractivity contribution < 1.29 is 9.53 Å². The van der Waals surface area contributed by atoms with Gasteiger partial charge in [0, 0.05) is 34.1 Å². The van der Waals surface area contributed by atoms with E-state index in [-0.39, 0.29) is 13.2 Å². The van der Waals surface area contributed by atoms with Gasteiger partial charge in [-0.1, -0.05) is 58.0 Å². The molecule has 0 aromatic heterocycles. The molecule has 3 aliphatic rings. The van der Waals surface area contributed by atoms with Gasteiger partial charge in [-0.3, -0.25) is 4.79 Å². The number of carbonyl (C=O) groups is 1. The SMILES string of the molecule is C.C1CCOC1.C=C1CCc2ccc(Br)cc21.O=C1CCc2ccc(Br)cc21. The highest BCUT2D eigenvalue weighted by Gasteiger charge is 2.18. The van der Waals surface area contributed by atoms with Crippen LogP contribution in [0.15, 0.2) is 51.9 Å². The van der Waals surface area contributed by atoms with Crippen LogP contribution in [-0.4, -0.2) is 19.0 Å². The zero-order chi connectivity index (χ0) is 19.2. The number of halogens is 2. The van der Waals surface area contributed by atoms with Crippen molar-refractivity contribution in [2.75, 3.05) is 13.2 Å². The Labute approximate surface area is 185 Å². The summed E-state index contributed by atoms with van der Waals surface area (Å²) in [5.41, 5.74) is 6.16. The minimum Gasteiger partial charge on any atom is -0.381 e. The first-order valence-corrected chi connectivity index (χ1v) is 11.0. The molecule has 5 rings (SSSR count). The van der Waals surface area contributed by atoms with E-state index < -0.39 is 0 Å². The number of rotatable bonds is 0. The lowest BCUT2D eigenvalue weighted by Crippen LogP contribution is -1.89. The molecule has 1 fully saturated rings. The van der Waals surface area contributed by atoms with Gasteiger partial charge in [0.05, 0.1) is 0 Å². The van der Waals surface area contributed by atoms with Crippen LogP contribution in [0.4, 0.5) is 0 Å². The Balaban J connectivity index is 0.000000157. The highest BCUT2D eigenvalue weighted by molar-refractivity contribution is 9.10. The Morgan fingerprint density at radius 3 is 1.89 bits per heavy atom. The van der Waals surface area contributed by atoms with Gasteiger partial charge in [0.2, 0.25) is 0 Å². The van der Waals surface area contributed by atoms with Crippen molar-refractivity contribution in [2.45, 2.75) is 46.0 Å². The monoisotopic (exact) mass is 506 g/mol. The topological polar surface area (TPSA) is 26.3 Å². The number of hydrogen-bond acceptors (Lipinski definition) is 2. The molecule has 150 valence electrons. The van der Waals surface area contributed by atoms with Gasteiger partial charge < -0.3 is 4.74 Å². The van der Waals surface area contributed by atoms with Crippen LogP contribution in [-0.2, 0) is 17.6 Å². The minimum atomic E-state index is 0. The van der Waals surface area contributed by atoms with E-state index in [9.17, 15) is 4.79 Å². The van der Waals surface area contributed by atoms with Crippen molar-refractivity contribution in [2.24, 2.45) is 0 Å². The van der Waals surface area contributed by atoms with Crippen LogP contribution in [0.1, 0.15) is 60.2 Å². The molecule has 2 aromatic carbocycles. The lowest BCUT2D eigenvalue weighted by Gasteiger charge is -1.98. The number of aryl methyl sites for hydroxylation is 2. The summed E-state index contributed by atoms with van der Waals surface area (Å²) in [6, 6.07) is 12.3. The van der Waals surface area contributed by atoms with Gasteiger partial charge in [-0.25, -0.2) is 0 Å². The standard InChI is InChI=1S/C10H9Br.C9H7BrO.C4H8O.CH4/c1-7-2-3-8-4-5-9(11)6-10(7)8;10-7-3-1-6-2-4-9(11)8(6)5-7;1-2-4-5-3-1;/h4-6H,1-3H2;1,3,5H,2,4H2;1-4H2;1H4. The van der Waals surface area contributed by atoms with Gasteiger partial charge in [-0.15, -0.1) is 0 Å². The van der Waals surface area contributed by atoms with E-state index in [2.05, 4.69) is 56.6 Å². The van der Waals surface area contributed by atoms with E-state index in [1.54, 1.807) is 0 Å². The quantitative estimate of drug-likeness (QED) is 0.370. The van der Waals surface area contributed by atoms with Crippen LogP contribution in [0.3, 0.4) is 0 Å². The largest absolute Gasteiger partial charge is 0.381 e. The number of carbonyl (C=O) groups excluding carboxylic acids is 1. The summed E-state index contributed by atoms with van der Waals surface area (Å²) >= 11 is 6.79. The molecule has 2 aliphatic carbocycles. The maximum Gasteiger partial charge on any atom is 0.163 e. The summed E-state index contributed by atoms with van der Waals surface area (Å²) in [6.07, 6.45) is 6.46. The Morgan fingerprint density at radius 1 is 0.786 bits per heavy atom. The molecule has 2 aromatic rings. The van der Waals surface area contributed by atoms with Crippen LogP contribution >= 0.6 is 31.9 Å². The average Bonchev–Trinajstić information content (AvgIpc) is 3.41. The van der Waals surface area contributed by atoms with Crippen molar-refractivity contribution in [3.63, 3.8) is 0 Å². The molecule has 0 atom stereocenters. The molecule has 28 heavy (non-hydrogen) atoms. The molecule has 4 heteroatoms. The molecule has 1 heterocycles. The lowest BCUT2D eigenvalue weighted by atomic mass is 10.1. The van der Waals surface area contributed by atoms with Crippen LogP contribution < -0.4 is 0 Å². The third-order valence-electron chi connectivity index (χ3n) is 4.97. The molecule has 0 radical (unpaired) electrons. The molecule has 1 aliphatic heterocycles. The summed E-state index contributed by atoms with van der Waals surface area (Å²) < 4.78 is 7.09. The van der Waals surface area contributed by atoms with E-state index in [1.807, 2.05) is 18.2 Å². The van der Waals surface area contributed by atoms with Crippen molar-refractivity contribution in [1.29, 1.82) is 0 Å². The third kappa shape index (κ3) is 6.13. The number of ketones is 1. The summed E-state index contributed by atoms with van der Waals surface area (Å²) in [5, 5.41) is 0. The highest BCUT2D eigenvalue weighted by Crippen LogP contribution is 2.32. The smallest absolute Gasteiger partial charge is 0.163 e. The van der Waals surface area contributed by atoms with Crippen LogP contribution in [0.5, 0.6) is 0 Å². The van der Waals surface area contributed by atoms with Gasteiger partial charge in [0.15, 0.2) is 5.78 Å². The van der Waals surface area contributed by atoms with E-state index in [4.69, 9.17) is 4.74 Å². The normalized spacial score (nSPS) is 16.2. The fourth-order valence-electron chi connectivity index (χ4n) is 3.44. The molecular formula is C24H28Br2O2. The van der Waals surface area contributed by atoms with E-state index in [0.717, 1.165) is 40.6 Å². The second-order valence-electron chi connectivity index (χ2n) is 6.95. The molecule has 2 nitrogen and oxygen atoms in total. The Bertz CT molecular complexity index is 765. The minimum absolute atomic E-state index is 0. The van der Waals surface area contributed by atoms with E-state index in [0.29, 0.717) is 6.42 Å². The molecule has 0 spiro atoms. The maximum absolute atomic E-state index is 11.2. The van der Waals surface area contributed by atoms with Crippen molar-refractivity contribution in [3.8, 4) is 0 Å². The van der Waals surface area contributed by atoms with Gasteiger partial charge >= 0.3 is 0 Å². The molecule has 0 N–H and O–H groups in total. The number of ether oxygens (including phenoxy) is 1.